The average Bonchev–Trinajstić information content (AvgIpc) is 3.30. The van der Waals surface area contributed by atoms with Crippen LogP contribution in [0.1, 0.15) is 48.8 Å². The second-order valence-electron chi connectivity index (χ2n) is 6.67. The Balaban J connectivity index is 1.49. The molecule has 134 valence electrons. The number of aromatic nitrogens is 2. The van der Waals surface area contributed by atoms with Crippen LogP contribution in [0.25, 0.3) is 0 Å². The topological polar surface area (TPSA) is 80.4 Å². The number of carbonyl (C=O) groups is 2. The lowest BCUT2D eigenvalue weighted by Gasteiger charge is -2.31. The SMILES string of the molecule is CC(C)n1cc(C(=O)N2CCC(C(=O)NCc3ccco3)CC2)cn1. The van der Waals surface area contributed by atoms with Gasteiger partial charge in [-0.25, -0.2) is 0 Å². The fraction of sp³-hybridized carbons (Fsp3) is 0.500. The van der Waals surface area contributed by atoms with Crippen LogP contribution in [0.4, 0.5) is 0 Å². The Hall–Kier alpha value is -2.57. The first-order chi connectivity index (χ1) is 12.0. The minimum Gasteiger partial charge on any atom is -0.467 e. The summed E-state index contributed by atoms with van der Waals surface area (Å²) in [7, 11) is 0. The summed E-state index contributed by atoms with van der Waals surface area (Å²) in [6.07, 6.45) is 6.34. The molecule has 1 aliphatic heterocycles. The first-order valence-electron chi connectivity index (χ1n) is 8.68. The molecule has 2 aromatic rings. The first-order valence-corrected chi connectivity index (χ1v) is 8.68. The molecule has 0 unspecified atom stereocenters. The standard InChI is InChI=1S/C18H24N4O3/c1-13(2)22-12-15(10-20-22)18(24)21-7-5-14(6-8-21)17(23)19-11-16-4-3-9-25-16/h3-4,9-10,12-14H,5-8,11H2,1-2H3,(H,19,23). The highest BCUT2D eigenvalue weighted by molar-refractivity contribution is 5.94. The normalized spacial score (nSPS) is 15.6. The molecular formula is C18H24N4O3. The third kappa shape index (κ3) is 4.10. The van der Waals surface area contributed by atoms with Gasteiger partial charge in [-0.1, -0.05) is 0 Å². The summed E-state index contributed by atoms with van der Waals surface area (Å²) in [5.74, 6) is 0.693. The predicted molar refractivity (Wildman–Crippen MR) is 91.8 cm³/mol. The van der Waals surface area contributed by atoms with E-state index in [2.05, 4.69) is 10.4 Å². The number of likely N-dealkylation sites (tertiary alicyclic amines) is 1. The molecule has 1 aliphatic rings. The highest BCUT2D eigenvalue weighted by atomic mass is 16.3. The Kier molecular flexibility index (Phi) is 5.21. The van der Waals surface area contributed by atoms with Gasteiger partial charge in [-0.3, -0.25) is 14.3 Å². The van der Waals surface area contributed by atoms with E-state index in [0.717, 1.165) is 5.76 Å². The summed E-state index contributed by atoms with van der Waals surface area (Å²) in [4.78, 5) is 26.6. The molecule has 7 heteroatoms. The maximum Gasteiger partial charge on any atom is 0.257 e. The highest BCUT2D eigenvalue weighted by Gasteiger charge is 2.28. The molecular weight excluding hydrogens is 320 g/mol. The van der Waals surface area contributed by atoms with Crippen LogP contribution in [0.2, 0.25) is 0 Å². The molecule has 1 saturated heterocycles. The summed E-state index contributed by atoms with van der Waals surface area (Å²) in [6.45, 7) is 5.62. The average molecular weight is 344 g/mol. The Morgan fingerprint density at radius 3 is 2.72 bits per heavy atom. The van der Waals surface area contributed by atoms with E-state index in [-0.39, 0.29) is 23.8 Å². The summed E-state index contributed by atoms with van der Waals surface area (Å²) >= 11 is 0. The molecule has 2 aromatic heterocycles. The van der Waals surface area contributed by atoms with E-state index in [1.807, 2.05) is 19.9 Å². The largest absolute Gasteiger partial charge is 0.467 e. The van der Waals surface area contributed by atoms with Crippen LogP contribution in [-0.4, -0.2) is 39.6 Å². The molecule has 1 fully saturated rings. The number of hydrogen-bond acceptors (Lipinski definition) is 4. The van der Waals surface area contributed by atoms with E-state index < -0.39 is 0 Å². The van der Waals surface area contributed by atoms with E-state index >= 15 is 0 Å². The molecule has 0 bridgehead atoms. The molecule has 0 radical (unpaired) electrons. The summed E-state index contributed by atoms with van der Waals surface area (Å²) in [5, 5.41) is 7.12. The lowest BCUT2D eigenvalue weighted by molar-refractivity contribution is -0.126. The number of hydrogen-bond donors (Lipinski definition) is 1. The minimum atomic E-state index is -0.0580. The first kappa shape index (κ1) is 17.3. The Labute approximate surface area is 147 Å². The van der Waals surface area contributed by atoms with Crippen molar-refractivity contribution in [3.63, 3.8) is 0 Å². The van der Waals surface area contributed by atoms with Gasteiger partial charge in [0.1, 0.15) is 5.76 Å². The maximum atomic E-state index is 12.6. The molecule has 0 spiro atoms. The van der Waals surface area contributed by atoms with E-state index in [4.69, 9.17) is 4.42 Å². The molecule has 25 heavy (non-hydrogen) atoms. The number of piperidine rings is 1. The van der Waals surface area contributed by atoms with Crippen molar-refractivity contribution in [3.8, 4) is 0 Å². The van der Waals surface area contributed by atoms with Gasteiger partial charge < -0.3 is 14.6 Å². The monoisotopic (exact) mass is 344 g/mol. The molecule has 0 saturated carbocycles. The smallest absolute Gasteiger partial charge is 0.257 e. The maximum absolute atomic E-state index is 12.6. The molecule has 0 aromatic carbocycles. The van der Waals surface area contributed by atoms with Gasteiger partial charge in [-0.05, 0) is 38.8 Å². The van der Waals surface area contributed by atoms with E-state index in [1.165, 1.54) is 0 Å². The van der Waals surface area contributed by atoms with Gasteiger partial charge in [0.25, 0.3) is 5.91 Å². The predicted octanol–water partition coefficient (Wildman–Crippen LogP) is 2.23. The van der Waals surface area contributed by atoms with Gasteiger partial charge in [-0.15, -0.1) is 0 Å². The zero-order valence-corrected chi connectivity index (χ0v) is 14.6. The molecule has 2 amide bonds. The van der Waals surface area contributed by atoms with Crippen LogP contribution in [0.5, 0.6) is 0 Å². The van der Waals surface area contributed by atoms with Gasteiger partial charge >= 0.3 is 0 Å². The molecule has 0 atom stereocenters. The van der Waals surface area contributed by atoms with Crippen molar-refractivity contribution in [1.29, 1.82) is 0 Å². The summed E-state index contributed by atoms with van der Waals surface area (Å²) in [6, 6.07) is 3.86. The second-order valence-corrected chi connectivity index (χ2v) is 6.67. The van der Waals surface area contributed by atoms with Crippen molar-refractivity contribution >= 4 is 11.8 Å². The molecule has 7 nitrogen and oxygen atoms in total. The quantitative estimate of drug-likeness (QED) is 0.902. The van der Waals surface area contributed by atoms with Crippen LogP contribution in [0, 0.1) is 5.92 Å². The van der Waals surface area contributed by atoms with E-state index in [1.54, 1.807) is 34.3 Å². The zero-order chi connectivity index (χ0) is 17.8. The van der Waals surface area contributed by atoms with Crippen LogP contribution >= 0.6 is 0 Å². The Bertz CT molecular complexity index is 713. The molecule has 3 rings (SSSR count). The van der Waals surface area contributed by atoms with Crippen molar-refractivity contribution < 1.29 is 14.0 Å². The number of carbonyl (C=O) groups excluding carboxylic acids is 2. The van der Waals surface area contributed by atoms with Crippen LogP contribution in [0.3, 0.4) is 0 Å². The van der Waals surface area contributed by atoms with Crippen molar-refractivity contribution in [3.05, 3.63) is 42.1 Å². The summed E-state index contributed by atoms with van der Waals surface area (Å²) < 4.78 is 6.99. The van der Waals surface area contributed by atoms with Crippen LogP contribution in [-0.2, 0) is 11.3 Å². The van der Waals surface area contributed by atoms with Crippen molar-refractivity contribution in [1.82, 2.24) is 20.0 Å². The molecule has 3 heterocycles. The number of rotatable bonds is 5. The number of furan rings is 1. The highest BCUT2D eigenvalue weighted by Crippen LogP contribution is 2.20. The molecule has 0 aliphatic carbocycles. The lowest BCUT2D eigenvalue weighted by Crippen LogP contribution is -2.42. The third-order valence-corrected chi connectivity index (χ3v) is 4.55. The van der Waals surface area contributed by atoms with Gasteiger partial charge in [0.2, 0.25) is 5.91 Å². The second kappa shape index (κ2) is 7.55. The van der Waals surface area contributed by atoms with Crippen molar-refractivity contribution in [2.75, 3.05) is 13.1 Å². The van der Waals surface area contributed by atoms with Gasteiger partial charge in [-0.2, -0.15) is 5.10 Å². The third-order valence-electron chi connectivity index (χ3n) is 4.55. The van der Waals surface area contributed by atoms with Gasteiger partial charge in [0.05, 0.1) is 24.6 Å². The van der Waals surface area contributed by atoms with Crippen LogP contribution < -0.4 is 5.32 Å². The molecule has 1 N–H and O–H groups in total. The van der Waals surface area contributed by atoms with Crippen molar-refractivity contribution in [2.24, 2.45) is 5.92 Å². The Morgan fingerprint density at radius 1 is 1.36 bits per heavy atom. The van der Waals surface area contributed by atoms with E-state index in [0.29, 0.717) is 38.0 Å². The minimum absolute atomic E-state index is 0.0126. The zero-order valence-electron chi connectivity index (χ0n) is 14.6. The fourth-order valence-corrected chi connectivity index (χ4v) is 2.99. The van der Waals surface area contributed by atoms with E-state index in [9.17, 15) is 9.59 Å². The number of nitrogens with one attached hydrogen (secondary N) is 1. The number of amides is 2. The summed E-state index contributed by atoms with van der Waals surface area (Å²) in [5.41, 5.74) is 0.606. The van der Waals surface area contributed by atoms with Crippen LogP contribution in [0.15, 0.2) is 35.2 Å². The van der Waals surface area contributed by atoms with Crippen molar-refractivity contribution in [2.45, 2.75) is 39.3 Å². The fourth-order valence-electron chi connectivity index (χ4n) is 2.99. The lowest BCUT2D eigenvalue weighted by atomic mass is 9.95. The Morgan fingerprint density at radius 2 is 2.12 bits per heavy atom. The van der Waals surface area contributed by atoms with Gasteiger partial charge in [0, 0.05) is 31.2 Å². The van der Waals surface area contributed by atoms with Gasteiger partial charge in [0.15, 0.2) is 0 Å². The number of nitrogens with zero attached hydrogens (tertiary/aromatic N) is 3.